The van der Waals surface area contributed by atoms with Gasteiger partial charge in [0.15, 0.2) is 0 Å². The largest absolute Gasteiger partial charge is 0.465 e. The van der Waals surface area contributed by atoms with Gasteiger partial charge in [0, 0.05) is 25.9 Å². The van der Waals surface area contributed by atoms with E-state index in [4.69, 9.17) is 0 Å². The van der Waals surface area contributed by atoms with Gasteiger partial charge in [0.05, 0.1) is 49.6 Å². The van der Waals surface area contributed by atoms with Gasteiger partial charge >= 0.3 is 23.8 Å². The molecule has 2 aliphatic rings. The van der Waals surface area contributed by atoms with Crippen molar-refractivity contribution in [2.75, 3.05) is 27.3 Å². The van der Waals surface area contributed by atoms with Crippen molar-refractivity contribution in [1.29, 1.82) is 0 Å². The van der Waals surface area contributed by atoms with E-state index in [0.29, 0.717) is 36.8 Å². The number of nitrogens with zero attached hydrogens (tertiary/aromatic N) is 2. The van der Waals surface area contributed by atoms with Gasteiger partial charge in [0.25, 0.3) is 11.8 Å². The second kappa shape index (κ2) is 23.1. The topological polar surface area (TPSA) is 134 Å². The highest BCUT2D eigenvalue weighted by Gasteiger charge is 2.53. The normalized spacial score (nSPS) is 19.7. The van der Waals surface area contributed by atoms with Crippen LogP contribution in [0, 0.1) is 0 Å². The highest BCUT2D eigenvalue weighted by molar-refractivity contribution is 5.90. The maximum atomic E-state index is 14.0. The number of alkyl halides is 4. The van der Waals surface area contributed by atoms with Crippen LogP contribution in [0.4, 0.5) is 17.6 Å². The molecule has 10 nitrogen and oxygen atoms in total. The second-order valence-electron chi connectivity index (χ2n) is 14.7. The number of halogens is 4. The molecule has 2 N–H and O–H groups in total. The van der Waals surface area contributed by atoms with Crippen LogP contribution in [0.25, 0.3) is 0 Å². The number of aliphatic hydroxyl groups excluding tert-OH is 2. The Hall–Kier alpha value is -4.56. The highest BCUT2D eigenvalue weighted by Crippen LogP contribution is 2.35. The van der Waals surface area contributed by atoms with Gasteiger partial charge in [-0.1, -0.05) is 101 Å². The Morgan fingerprint density at radius 2 is 1.02 bits per heavy atom. The van der Waals surface area contributed by atoms with E-state index < -0.39 is 72.7 Å². The number of aliphatic hydroxyl groups is 2. The third kappa shape index (κ3) is 14.4. The average molecular weight is 819 g/mol. The molecule has 4 rings (SSSR count). The molecular weight excluding hydrogens is 760 g/mol. The second-order valence-corrected chi connectivity index (χ2v) is 14.7. The number of benzene rings is 2. The molecule has 0 unspecified atom stereocenters. The summed E-state index contributed by atoms with van der Waals surface area (Å²) >= 11 is 0. The van der Waals surface area contributed by atoms with Crippen molar-refractivity contribution in [2.45, 2.75) is 127 Å². The molecule has 2 aliphatic heterocycles. The Labute approximate surface area is 338 Å². The summed E-state index contributed by atoms with van der Waals surface area (Å²) in [5.41, 5.74) is 2.45. The van der Waals surface area contributed by atoms with E-state index >= 15 is 0 Å². The zero-order valence-electron chi connectivity index (χ0n) is 33.9. The number of amides is 2. The molecule has 2 aromatic rings. The molecule has 14 heteroatoms. The number of carbonyl (C=O) groups excluding carboxylic acids is 4. The predicted molar refractivity (Wildman–Crippen MR) is 212 cm³/mol. The van der Waals surface area contributed by atoms with Crippen LogP contribution in [0.2, 0.25) is 0 Å². The number of hydrogen-bond acceptors (Lipinski definition) is 8. The summed E-state index contributed by atoms with van der Waals surface area (Å²) in [5, 5.41) is 20.0. The monoisotopic (exact) mass is 818 g/mol. The third-order valence-corrected chi connectivity index (χ3v) is 10.2. The minimum Gasteiger partial charge on any atom is -0.465 e. The molecule has 2 saturated heterocycles. The van der Waals surface area contributed by atoms with Crippen LogP contribution in [-0.2, 0) is 31.9 Å². The number of carbonyl (C=O) groups is 4. The summed E-state index contributed by atoms with van der Waals surface area (Å²) < 4.78 is 65.2. The number of esters is 2. The number of ether oxygens (including phenoxy) is 2. The van der Waals surface area contributed by atoms with E-state index in [2.05, 4.69) is 23.3 Å². The average Bonchev–Trinajstić information content (AvgIpc) is 3.57. The number of rotatable bonds is 20. The van der Waals surface area contributed by atoms with Crippen LogP contribution >= 0.6 is 0 Å². The third-order valence-electron chi connectivity index (χ3n) is 10.2. The van der Waals surface area contributed by atoms with E-state index in [1.54, 1.807) is 48.5 Å². The molecular formula is C44H58F4N2O8. The first-order valence-electron chi connectivity index (χ1n) is 20.0. The minimum atomic E-state index is -3.39. The lowest BCUT2D eigenvalue weighted by molar-refractivity contribution is -0.148. The maximum Gasteiger partial charge on any atom is 0.337 e. The fourth-order valence-electron chi connectivity index (χ4n) is 6.78. The predicted octanol–water partition coefficient (Wildman–Crippen LogP) is 7.50. The van der Waals surface area contributed by atoms with Crippen molar-refractivity contribution in [3.63, 3.8) is 0 Å². The van der Waals surface area contributed by atoms with Crippen LogP contribution < -0.4 is 0 Å². The molecule has 0 radical (unpaired) electrons. The summed E-state index contributed by atoms with van der Waals surface area (Å²) in [6, 6.07) is 11.8. The highest BCUT2D eigenvalue weighted by atomic mass is 19.3. The Bertz CT molecular complexity index is 1560. The zero-order valence-corrected chi connectivity index (χ0v) is 33.9. The first-order chi connectivity index (χ1) is 27.6. The summed E-state index contributed by atoms with van der Waals surface area (Å²) in [6.45, 7) is 4.39. The molecule has 4 atom stereocenters. The van der Waals surface area contributed by atoms with Crippen LogP contribution in [0.1, 0.15) is 110 Å². The molecule has 2 amide bonds. The summed E-state index contributed by atoms with van der Waals surface area (Å²) in [7, 11) is 2.59. The van der Waals surface area contributed by atoms with Crippen LogP contribution in [0.3, 0.4) is 0 Å². The first kappa shape index (κ1) is 47.8. The first-order valence-corrected chi connectivity index (χ1v) is 20.0. The quantitative estimate of drug-likeness (QED) is 0.0608. The van der Waals surface area contributed by atoms with Gasteiger partial charge in [0.1, 0.15) is 0 Å². The van der Waals surface area contributed by atoms with Crippen molar-refractivity contribution in [3.05, 3.63) is 95.1 Å². The van der Waals surface area contributed by atoms with Crippen LogP contribution in [0.5, 0.6) is 0 Å². The van der Waals surface area contributed by atoms with Crippen molar-refractivity contribution in [1.82, 2.24) is 9.80 Å². The van der Waals surface area contributed by atoms with Crippen molar-refractivity contribution < 1.29 is 56.4 Å². The summed E-state index contributed by atoms with van der Waals surface area (Å²) in [4.78, 5) is 49.5. The number of likely N-dealkylation sites (tertiary alicyclic amines) is 2. The van der Waals surface area contributed by atoms with Gasteiger partial charge in [0.2, 0.25) is 0 Å². The smallest absolute Gasteiger partial charge is 0.337 e. The van der Waals surface area contributed by atoms with Gasteiger partial charge < -0.3 is 29.5 Å². The Kier molecular flexibility index (Phi) is 19.1. The molecule has 320 valence electrons. The van der Waals surface area contributed by atoms with Crippen LogP contribution in [0.15, 0.2) is 72.8 Å². The van der Waals surface area contributed by atoms with Gasteiger partial charge in [-0.25, -0.2) is 9.59 Å². The maximum absolute atomic E-state index is 14.0. The summed E-state index contributed by atoms with van der Waals surface area (Å²) in [6.07, 6.45) is 11.3. The molecule has 58 heavy (non-hydrogen) atoms. The van der Waals surface area contributed by atoms with E-state index in [1.165, 1.54) is 48.3 Å². The number of methoxy groups -OCH3 is 2. The van der Waals surface area contributed by atoms with Crippen molar-refractivity contribution in [2.24, 2.45) is 0 Å². The minimum absolute atomic E-state index is 0.132. The molecule has 0 bridgehead atoms. The SMILES string of the molecule is CCCCC[C@@H](O)/C=C/[C@H]1CC(F)(F)C(=O)N1CCc1ccc(C(=O)OC)cc1.CCCCC[C@H](O)/C=C/[C@H]1CC(F)(F)C(=O)N1CCc1ccc(C(=O)OC)cc1. The molecule has 0 spiro atoms. The van der Waals surface area contributed by atoms with E-state index in [1.807, 2.05) is 0 Å². The summed E-state index contributed by atoms with van der Waals surface area (Å²) in [5.74, 6) is -10.0. The van der Waals surface area contributed by atoms with Gasteiger partial charge in [-0.05, 0) is 61.1 Å². The van der Waals surface area contributed by atoms with E-state index in [-0.39, 0.29) is 13.1 Å². The lowest BCUT2D eigenvalue weighted by Gasteiger charge is -2.22. The van der Waals surface area contributed by atoms with Crippen LogP contribution in [-0.4, -0.2) is 107 Å². The van der Waals surface area contributed by atoms with Gasteiger partial charge in [-0.3, -0.25) is 9.59 Å². The fraction of sp³-hybridized carbons (Fsp3) is 0.545. The standard InChI is InChI=1S/2C22H29F2NO4/c2*1-3-4-5-6-19(26)12-11-18-15-22(23,24)21(28)25(18)14-13-16-7-9-17(10-8-16)20(27)29-2/h2*7-12,18-19,26H,3-6,13-15H2,1-2H3/b2*12-11+/t18-,19+;18-,19-/m00/s1. The van der Waals surface area contributed by atoms with E-state index in [9.17, 15) is 47.0 Å². The van der Waals surface area contributed by atoms with Gasteiger partial charge in [-0.15, -0.1) is 0 Å². The Morgan fingerprint density at radius 1 is 0.672 bits per heavy atom. The zero-order chi connectivity index (χ0) is 42.9. The fourth-order valence-corrected chi connectivity index (χ4v) is 6.78. The molecule has 0 aliphatic carbocycles. The molecule has 2 aromatic carbocycles. The molecule has 2 heterocycles. The molecule has 2 fully saturated rings. The number of hydrogen-bond donors (Lipinski definition) is 2. The molecule has 0 aromatic heterocycles. The lowest BCUT2D eigenvalue weighted by Crippen LogP contribution is -2.37. The Morgan fingerprint density at radius 3 is 1.33 bits per heavy atom. The lowest BCUT2D eigenvalue weighted by atomic mass is 10.1. The number of unbranched alkanes of at least 4 members (excludes halogenated alkanes) is 4. The van der Waals surface area contributed by atoms with Gasteiger partial charge in [-0.2, -0.15) is 17.6 Å². The van der Waals surface area contributed by atoms with E-state index in [0.717, 1.165) is 49.7 Å². The Balaban J connectivity index is 0.000000310. The van der Waals surface area contributed by atoms with Crippen molar-refractivity contribution >= 4 is 23.8 Å². The van der Waals surface area contributed by atoms with Crippen molar-refractivity contribution in [3.8, 4) is 0 Å². The molecule has 0 saturated carbocycles.